The van der Waals surface area contributed by atoms with Crippen LogP contribution in [0.25, 0.3) is 0 Å². The number of carbonyl (C=O) groups is 1. The third kappa shape index (κ3) is 5.68. The lowest BCUT2D eigenvalue weighted by atomic mass is 10.1. The number of benzene rings is 2. The van der Waals surface area contributed by atoms with Crippen LogP contribution in [0, 0.1) is 5.82 Å². The van der Waals surface area contributed by atoms with Gasteiger partial charge in [-0.05, 0) is 48.4 Å². The van der Waals surface area contributed by atoms with Crippen molar-refractivity contribution < 1.29 is 22.0 Å². The first kappa shape index (κ1) is 21.1. The predicted octanol–water partition coefficient (Wildman–Crippen LogP) is 4.68. The first-order valence-electron chi connectivity index (χ1n) is 8.82. The summed E-state index contributed by atoms with van der Waals surface area (Å²) in [7, 11) is -3.54. The number of furan rings is 1. The second kappa shape index (κ2) is 8.80. The van der Waals surface area contributed by atoms with Gasteiger partial charge < -0.3 is 9.73 Å². The SMILES string of the molecule is C[C@H](NC(=O)c1ccc(CS(=O)(=O)Cc2ccccc2Cl)o1)c1ccc(F)cc1. The zero-order valence-electron chi connectivity index (χ0n) is 15.6. The van der Waals surface area contributed by atoms with Gasteiger partial charge in [0, 0.05) is 5.02 Å². The number of halogens is 2. The Hall–Kier alpha value is -2.64. The van der Waals surface area contributed by atoms with Gasteiger partial charge in [0.1, 0.15) is 17.3 Å². The van der Waals surface area contributed by atoms with Crippen molar-refractivity contribution in [3.05, 3.63) is 94.2 Å². The van der Waals surface area contributed by atoms with Crippen LogP contribution >= 0.6 is 11.6 Å². The fourth-order valence-corrected chi connectivity index (χ4v) is 4.50. The smallest absolute Gasteiger partial charge is 0.287 e. The molecule has 5 nitrogen and oxygen atoms in total. The summed E-state index contributed by atoms with van der Waals surface area (Å²) in [5, 5.41) is 3.11. The van der Waals surface area contributed by atoms with Crippen molar-refractivity contribution in [1.82, 2.24) is 5.32 Å². The van der Waals surface area contributed by atoms with E-state index in [-0.39, 0.29) is 34.9 Å². The van der Waals surface area contributed by atoms with Crippen molar-refractivity contribution in [2.75, 3.05) is 0 Å². The van der Waals surface area contributed by atoms with Crippen LogP contribution in [0.1, 0.15) is 40.4 Å². The summed E-state index contributed by atoms with van der Waals surface area (Å²) in [6.45, 7) is 1.75. The topological polar surface area (TPSA) is 76.4 Å². The van der Waals surface area contributed by atoms with E-state index in [0.29, 0.717) is 10.6 Å². The Labute approximate surface area is 173 Å². The van der Waals surface area contributed by atoms with Crippen molar-refractivity contribution in [1.29, 1.82) is 0 Å². The highest BCUT2D eigenvalue weighted by Crippen LogP contribution is 2.21. The molecule has 0 radical (unpaired) electrons. The largest absolute Gasteiger partial charge is 0.455 e. The van der Waals surface area contributed by atoms with Gasteiger partial charge in [-0.15, -0.1) is 0 Å². The van der Waals surface area contributed by atoms with Crippen molar-refractivity contribution in [2.45, 2.75) is 24.5 Å². The molecule has 0 saturated carbocycles. The number of hydrogen-bond donors (Lipinski definition) is 1. The van der Waals surface area contributed by atoms with Crippen LogP contribution in [0.4, 0.5) is 4.39 Å². The van der Waals surface area contributed by atoms with Gasteiger partial charge in [-0.2, -0.15) is 0 Å². The summed E-state index contributed by atoms with van der Waals surface area (Å²) >= 11 is 6.02. The van der Waals surface area contributed by atoms with Crippen LogP contribution < -0.4 is 5.32 Å². The van der Waals surface area contributed by atoms with Gasteiger partial charge in [0.2, 0.25) is 0 Å². The molecule has 3 rings (SSSR count). The van der Waals surface area contributed by atoms with Gasteiger partial charge in [0.15, 0.2) is 15.6 Å². The van der Waals surface area contributed by atoms with Crippen molar-refractivity contribution >= 4 is 27.3 Å². The molecule has 29 heavy (non-hydrogen) atoms. The Balaban J connectivity index is 1.64. The van der Waals surface area contributed by atoms with Gasteiger partial charge >= 0.3 is 0 Å². The van der Waals surface area contributed by atoms with Crippen LogP contribution in [-0.2, 0) is 21.3 Å². The summed E-state index contributed by atoms with van der Waals surface area (Å²) < 4.78 is 43.3. The number of rotatable bonds is 7. The number of amides is 1. The highest BCUT2D eigenvalue weighted by atomic mass is 35.5. The number of nitrogens with one attached hydrogen (secondary N) is 1. The van der Waals surface area contributed by atoms with Crippen LogP contribution in [0.5, 0.6) is 0 Å². The molecular formula is C21H19ClFNO4S. The van der Waals surface area contributed by atoms with E-state index in [2.05, 4.69) is 5.32 Å². The number of hydrogen-bond acceptors (Lipinski definition) is 4. The summed E-state index contributed by atoms with van der Waals surface area (Å²) in [5.74, 6) is -1.26. The maximum atomic E-state index is 13.0. The third-order valence-corrected chi connectivity index (χ3v) is 6.14. The van der Waals surface area contributed by atoms with Crippen molar-refractivity contribution in [2.24, 2.45) is 0 Å². The Kier molecular flexibility index (Phi) is 6.39. The second-order valence-electron chi connectivity index (χ2n) is 6.64. The van der Waals surface area contributed by atoms with Crippen molar-refractivity contribution in [3.8, 4) is 0 Å². The lowest BCUT2D eigenvalue weighted by Crippen LogP contribution is -2.26. The monoisotopic (exact) mass is 435 g/mol. The van der Waals surface area contributed by atoms with E-state index in [1.54, 1.807) is 43.3 Å². The molecule has 152 valence electrons. The molecule has 0 aliphatic rings. The Morgan fingerprint density at radius 3 is 2.45 bits per heavy atom. The van der Waals surface area contributed by atoms with Gasteiger partial charge in [0.05, 0.1) is 11.8 Å². The van der Waals surface area contributed by atoms with Crippen LogP contribution in [0.15, 0.2) is 65.1 Å². The highest BCUT2D eigenvalue weighted by Gasteiger charge is 2.20. The summed E-state index contributed by atoms with van der Waals surface area (Å²) in [4.78, 5) is 12.4. The molecule has 0 aliphatic heterocycles. The lowest BCUT2D eigenvalue weighted by molar-refractivity contribution is 0.0910. The minimum atomic E-state index is -3.54. The Morgan fingerprint density at radius 1 is 1.07 bits per heavy atom. The quantitative estimate of drug-likeness (QED) is 0.584. The standard InChI is InChI=1S/C21H19ClFNO4S/c1-14(15-6-8-17(23)9-7-15)24-21(25)20-11-10-18(28-20)13-29(26,27)12-16-4-2-3-5-19(16)22/h2-11,14H,12-13H2,1H3,(H,24,25)/t14-/m0/s1. The molecule has 1 heterocycles. The molecule has 1 N–H and O–H groups in total. The minimum absolute atomic E-state index is 0.00176. The molecule has 1 aromatic heterocycles. The lowest BCUT2D eigenvalue weighted by Gasteiger charge is -2.13. The van der Waals surface area contributed by atoms with Gasteiger partial charge in [-0.25, -0.2) is 12.8 Å². The fourth-order valence-electron chi connectivity index (χ4n) is 2.80. The summed E-state index contributed by atoms with van der Waals surface area (Å²) in [5.41, 5.74) is 1.24. The first-order chi connectivity index (χ1) is 13.7. The predicted molar refractivity (Wildman–Crippen MR) is 109 cm³/mol. The fraction of sp³-hybridized carbons (Fsp3) is 0.190. The zero-order chi connectivity index (χ0) is 21.0. The molecule has 0 aliphatic carbocycles. The molecule has 0 unspecified atom stereocenters. The molecule has 0 fully saturated rings. The van der Waals surface area contributed by atoms with Gasteiger partial charge in [-0.1, -0.05) is 41.9 Å². The van der Waals surface area contributed by atoms with E-state index in [0.717, 1.165) is 5.56 Å². The molecule has 0 saturated heterocycles. The Bertz CT molecular complexity index is 1110. The number of carbonyl (C=O) groups excluding carboxylic acids is 1. The highest BCUT2D eigenvalue weighted by molar-refractivity contribution is 7.89. The molecule has 1 amide bonds. The molecule has 3 aromatic rings. The molecule has 0 spiro atoms. The van der Waals surface area contributed by atoms with E-state index in [1.807, 2.05) is 0 Å². The Morgan fingerprint density at radius 2 is 1.76 bits per heavy atom. The van der Waals surface area contributed by atoms with Crippen LogP contribution in [0.2, 0.25) is 5.02 Å². The van der Waals surface area contributed by atoms with Crippen LogP contribution in [0.3, 0.4) is 0 Å². The maximum Gasteiger partial charge on any atom is 0.287 e. The zero-order valence-corrected chi connectivity index (χ0v) is 17.1. The number of sulfone groups is 1. The average Bonchev–Trinajstić information content (AvgIpc) is 3.12. The van der Waals surface area contributed by atoms with Gasteiger partial charge in [0.25, 0.3) is 5.91 Å². The van der Waals surface area contributed by atoms with E-state index in [4.69, 9.17) is 16.0 Å². The maximum absolute atomic E-state index is 13.0. The molecule has 0 bridgehead atoms. The molecular weight excluding hydrogens is 417 g/mol. The normalized spacial score (nSPS) is 12.5. The van der Waals surface area contributed by atoms with E-state index >= 15 is 0 Å². The summed E-state index contributed by atoms with van der Waals surface area (Å²) in [6, 6.07) is 15.0. The average molecular weight is 436 g/mol. The van der Waals surface area contributed by atoms with E-state index in [9.17, 15) is 17.6 Å². The van der Waals surface area contributed by atoms with E-state index < -0.39 is 15.7 Å². The third-order valence-electron chi connectivity index (χ3n) is 4.30. The first-order valence-corrected chi connectivity index (χ1v) is 11.0. The van der Waals surface area contributed by atoms with Gasteiger partial charge in [-0.3, -0.25) is 4.79 Å². The summed E-state index contributed by atoms with van der Waals surface area (Å²) in [6.07, 6.45) is 0. The second-order valence-corrected chi connectivity index (χ2v) is 9.11. The van der Waals surface area contributed by atoms with Crippen LogP contribution in [-0.4, -0.2) is 14.3 Å². The molecule has 8 heteroatoms. The van der Waals surface area contributed by atoms with E-state index in [1.165, 1.54) is 24.3 Å². The molecule has 1 atom stereocenters. The molecule has 2 aromatic carbocycles. The van der Waals surface area contributed by atoms with Crippen molar-refractivity contribution in [3.63, 3.8) is 0 Å². The minimum Gasteiger partial charge on any atom is -0.455 e.